The van der Waals surface area contributed by atoms with Gasteiger partial charge in [0.25, 0.3) is 8.32 Å². The molecular formula is C70H116O10Si4. The Labute approximate surface area is 515 Å². The largest absolute Gasteiger partial charge is 0.411 e. The lowest BCUT2D eigenvalue weighted by Gasteiger charge is -2.48. The first kappa shape index (κ1) is 69.3. The zero-order valence-electron chi connectivity index (χ0n) is 55.7. The minimum atomic E-state index is -2.71. The molecule has 0 spiro atoms. The van der Waals surface area contributed by atoms with Crippen LogP contribution in [-0.4, -0.2) is 118 Å². The smallest absolute Gasteiger partial charge is 0.261 e. The summed E-state index contributed by atoms with van der Waals surface area (Å²) in [5, 5.41) is 2.52. The molecule has 4 heterocycles. The Morgan fingerprint density at radius 3 is 1.75 bits per heavy atom. The quantitative estimate of drug-likeness (QED) is 0.0542. The first-order valence-corrected chi connectivity index (χ1v) is 43.3. The lowest BCUT2D eigenvalue weighted by atomic mass is 9.80. The average Bonchev–Trinajstić information content (AvgIpc) is 1.76. The molecule has 4 fully saturated rings. The van der Waals surface area contributed by atoms with Crippen LogP contribution in [0.15, 0.2) is 91.0 Å². The molecule has 14 heteroatoms. The summed E-state index contributed by atoms with van der Waals surface area (Å²) >= 11 is 0. The van der Waals surface area contributed by atoms with Crippen molar-refractivity contribution in [3.63, 3.8) is 0 Å². The van der Waals surface area contributed by atoms with Crippen molar-refractivity contribution in [3.8, 4) is 0 Å². The maximum atomic E-state index is 15.0. The molecule has 4 aliphatic heterocycles. The lowest BCUT2D eigenvalue weighted by molar-refractivity contribution is -0.228. The molecule has 10 nitrogen and oxygen atoms in total. The second-order valence-electron chi connectivity index (χ2n) is 28.9. The van der Waals surface area contributed by atoms with E-state index in [4.69, 9.17) is 41.4 Å². The normalized spacial score (nSPS) is 29.6. The molecule has 12 atom stereocenters. The van der Waals surface area contributed by atoms with Crippen LogP contribution in [0.2, 0.25) is 59.4 Å². The van der Waals surface area contributed by atoms with E-state index in [0.717, 1.165) is 81.2 Å². The molecule has 0 unspecified atom stereocenters. The molecule has 0 N–H and O–H groups in total. The summed E-state index contributed by atoms with van der Waals surface area (Å²) in [6.07, 6.45) is 5.08. The fourth-order valence-corrected chi connectivity index (χ4v) is 26.5. The molecule has 472 valence electrons. The Kier molecular flexibility index (Phi) is 24.5. The summed E-state index contributed by atoms with van der Waals surface area (Å²) < 4.78 is 67.1. The maximum absolute atomic E-state index is 15.0. The Balaban J connectivity index is 1.17. The van der Waals surface area contributed by atoms with Gasteiger partial charge in [0.05, 0.1) is 66.6 Å². The number of hydrogen-bond acceptors (Lipinski definition) is 10. The van der Waals surface area contributed by atoms with Crippen molar-refractivity contribution < 1.29 is 46.2 Å². The number of fused-ring (bicyclic) bond motifs is 2. The fraction of sp³-hybridized carbons (Fsp3) is 0.729. The van der Waals surface area contributed by atoms with Crippen molar-refractivity contribution in [1.29, 1.82) is 0 Å². The fourth-order valence-electron chi connectivity index (χ4n) is 14.5. The molecular weight excluding hydrogens is 1110 g/mol. The second kappa shape index (κ2) is 29.6. The zero-order valence-corrected chi connectivity index (χ0v) is 59.7. The molecule has 3 aromatic rings. The van der Waals surface area contributed by atoms with Crippen molar-refractivity contribution >= 4 is 49.4 Å². The van der Waals surface area contributed by atoms with Gasteiger partial charge in [-0.3, -0.25) is 4.79 Å². The SMILES string of the molecule is CC[Si](CC)(CC)O[C@H]1[C@@H](O[Si](CC)(CC)CC)C[C@@]2(C)O[C@@H](CCCO[Si](c3ccccc3)(c3ccccc3)C(C)(C)C)[C@@H](C)C[C@@H]2O[C@@H]1C[C@@H]1O[C@@H]2CC[C@](C)(O[Si](C)(C)C(C)(C)C)[C@@H](CCCOCc3ccccc3)O[C@H]2CCC1=O. The van der Waals surface area contributed by atoms with Crippen molar-refractivity contribution in [1.82, 2.24) is 0 Å². The maximum Gasteiger partial charge on any atom is 0.261 e. The summed E-state index contributed by atoms with van der Waals surface area (Å²) in [5.74, 6) is 0.354. The van der Waals surface area contributed by atoms with Crippen molar-refractivity contribution in [2.45, 2.75) is 307 Å². The number of hydrogen-bond donors (Lipinski definition) is 0. The molecule has 0 bridgehead atoms. The van der Waals surface area contributed by atoms with Gasteiger partial charge in [-0.25, -0.2) is 0 Å². The molecule has 0 aliphatic carbocycles. The number of ketones is 1. The van der Waals surface area contributed by atoms with Gasteiger partial charge >= 0.3 is 0 Å². The van der Waals surface area contributed by atoms with Gasteiger partial charge in [0.2, 0.25) is 0 Å². The molecule has 3 aromatic carbocycles. The van der Waals surface area contributed by atoms with Gasteiger partial charge in [0.1, 0.15) is 6.10 Å². The average molecular weight is 1230 g/mol. The van der Waals surface area contributed by atoms with E-state index in [1.165, 1.54) is 15.9 Å². The van der Waals surface area contributed by atoms with Crippen LogP contribution in [0.5, 0.6) is 0 Å². The number of Topliss-reactive ketones (excluding diaryl/α,β-unsaturated/α-hetero) is 1. The Bertz CT molecular complexity index is 2390. The van der Waals surface area contributed by atoms with E-state index >= 15 is 0 Å². The van der Waals surface area contributed by atoms with E-state index in [1.807, 2.05) is 6.07 Å². The highest BCUT2D eigenvalue weighted by Gasteiger charge is 2.57. The van der Waals surface area contributed by atoms with Gasteiger partial charge in [0, 0.05) is 32.5 Å². The van der Waals surface area contributed by atoms with Crippen LogP contribution in [0.25, 0.3) is 0 Å². The molecule has 4 saturated heterocycles. The summed E-state index contributed by atoms with van der Waals surface area (Å²) in [5.41, 5.74) is -0.0251. The van der Waals surface area contributed by atoms with Crippen molar-refractivity contribution in [2.75, 3.05) is 13.2 Å². The predicted molar refractivity (Wildman–Crippen MR) is 355 cm³/mol. The second-order valence-corrected chi connectivity index (χ2v) is 47.4. The molecule has 0 radical (unpaired) electrons. The summed E-state index contributed by atoms with van der Waals surface area (Å²) in [4.78, 5) is 15.0. The van der Waals surface area contributed by atoms with E-state index in [1.54, 1.807) is 0 Å². The monoisotopic (exact) mass is 1230 g/mol. The first-order chi connectivity index (χ1) is 39.8. The predicted octanol–water partition coefficient (Wildman–Crippen LogP) is 16.3. The molecule has 7 rings (SSSR count). The number of carbonyl (C=O) groups excluding carboxylic acids is 1. The third-order valence-corrected chi connectivity index (χ3v) is 40.3. The van der Waals surface area contributed by atoms with E-state index in [-0.39, 0.29) is 64.5 Å². The Hall–Kier alpha value is -2.16. The number of benzene rings is 3. The van der Waals surface area contributed by atoms with Crippen molar-refractivity contribution in [3.05, 3.63) is 96.6 Å². The van der Waals surface area contributed by atoms with Crippen LogP contribution in [-0.2, 0) is 52.8 Å². The van der Waals surface area contributed by atoms with Gasteiger partial charge in [-0.15, -0.1) is 0 Å². The molecule has 0 saturated carbocycles. The van der Waals surface area contributed by atoms with Gasteiger partial charge in [-0.2, -0.15) is 0 Å². The highest BCUT2D eigenvalue weighted by molar-refractivity contribution is 6.99. The van der Waals surface area contributed by atoms with Crippen LogP contribution in [0.1, 0.15) is 180 Å². The minimum Gasteiger partial charge on any atom is -0.411 e. The minimum absolute atomic E-state index is 0.00553. The third kappa shape index (κ3) is 16.2. The molecule has 0 amide bonds. The highest BCUT2D eigenvalue weighted by atomic mass is 28.4. The van der Waals surface area contributed by atoms with Gasteiger partial charge < -0.3 is 41.4 Å². The molecule has 0 aromatic heterocycles. The van der Waals surface area contributed by atoms with Crippen molar-refractivity contribution in [2.24, 2.45) is 5.92 Å². The Morgan fingerprint density at radius 1 is 0.643 bits per heavy atom. The summed E-state index contributed by atoms with van der Waals surface area (Å²) in [6, 6.07) is 38.4. The highest BCUT2D eigenvalue weighted by Crippen LogP contribution is 2.49. The zero-order chi connectivity index (χ0) is 61.2. The topological polar surface area (TPSA) is 100 Å². The summed E-state index contributed by atoms with van der Waals surface area (Å²) in [6.45, 7) is 41.4. The van der Waals surface area contributed by atoms with E-state index < -0.39 is 56.7 Å². The van der Waals surface area contributed by atoms with Gasteiger partial charge in [-0.05, 0) is 147 Å². The number of carbonyl (C=O) groups is 1. The Morgan fingerprint density at radius 2 is 1.19 bits per heavy atom. The molecule has 4 aliphatic rings. The van der Waals surface area contributed by atoms with E-state index in [9.17, 15) is 4.79 Å². The van der Waals surface area contributed by atoms with Gasteiger partial charge in [0.15, 0.2) is 30.7 Å². The van der Waals surface area contributed by atoms with Crippen LogP contribution in [0.4, 0.5) is 0 Å². The molecule has 84 heavy (non-hydrogen) atoms. The van der Waals surface area contributed by atoms with Crippen LogP contribution < -0.4 is 10.4 Å². The van der Waals surface area contributed by atoms with E-state index in [0.29, 0.717) is 45.5 Å². The van der Waals surface area contributed by atoms with Crippen LogP contribution in [0, 0.1) is 5.92 Å². The lowest BCUT2D eigenvalue weighted by Crippen LogP contribution is -2.66. The standard InChI is InChI=1S/C70H116O10Si4/c1-18-82(19-2,20-3)78-63-51-70(15)65(49-53(7)58(77-70)41-33-48-73-84(68(11,12)13,55-37-29-25-30-38-55)56-39-31-26-32-40-56)76-62(66(63)79-83(21-4,22-5)23-6)50-61-57(71)43-44-59-60(74-61)45-46-69(14,80-81(16,17)67(8,9)10)64(75-59)42-34-47-72-52-54-35-27-24-28-36-54/h24-32,35-40,53,58-66H,18-23,33-34,41-52H2,1-17H3/t53-,58-,59-,60+,61-,62+,63-,64+,65-,66+,69-,70+/m0/s1. The first-order valence-electron chi connectivity index (χ1n) is 33.4. The number of ether oxygens (including phenoxy) is 5. The van der Waals surface area contributed by atoms with Crippen LogP contribution >= 0.6 is 0 Å². The summed E-state index contributed by atoms with van der Waals surface area (Å²) in [7, 11) is -9.49. The van der Waals surface area contributed by atoms with Crippen LogP contribution in [0.3, 0.4) is 0 Å². The van der Waals surface area contributed by atoms with Gasteiger partial charge in [-0.1, -0.05) is 181 Å². The number of rotatable bonds is 27. The third-order valence-electron chi connectivity index (χ3n) is 21.4. The van der Waals surface area contributed by atoms with E-state index in [2.05, 4.69) is 202 Å².